The average Bonchev–Trinajstić information content (AvgIpc) is 2.48. The van der Waals surface area contributed by atoms with Crippen LogP contribution in [-0.4, -0.2) is 10.1 Å². The molecular formula is C16H13ClN2O2. The molecule has 4 nitrogen and oxygen atoms in total. The Hall–Kier alpha value is -2.46. The first-order valence-corrected chi connectivity index (χ1v) is 6.84. The van der Waals surface area contributed by atoms with Gasteiger partial charge in [-0.25, -0.2) is 0 Å². The van der Waals surface area contributed by atoms with E-state index in [-0.39, 0.29) is 16.3 Å². The van der Waals surface area contributed by atoms with Gasteiger partial charge in [-0.1, -0.05) is 29.8 Å². The summed E-state index contributed by atoms with van der Waals surface area (Å²) in [7, 11) is 0. The second-order valence-corrected chi connectivity index (χ2v) is 5.14. The molecule has 0 unspecified atom stereocenters. The number of phenolic OH excluding ortho intramolecular Hbond substituents is 1. The summed E-state index contributed by atoms with van der Waals surface area (Å²) in [6.45, 7) is 0.376. The van der Waals surface area contributed by atoms with Crippen LogP contribution >= 0.6 is 11.6 Å². The molecule has 0 saturated heterocycles. The molecule has 1 aromatic heterocycles. The van der Waals surface area contributed by atoms with Gasteiger partial charge in [0.1, 0.15) is 5.75 Å². The molecule has 0 aliphatic heterocycles. The maximum absolute atomic E-state index is 12.0. The van der Waals surface area contributed by atoms with E-state index in [1.165, 1.54) is 6.07 Å². The number of pyridine rings is 1. The van der Waals surface area contributed by atoms with Crippen LogP contribution in [-0.2, 0) is 6.54 Å². The molecule has 0 bridgehead atoms. The van der Waals surface area contributed by atoms with Gasteiger partial charge in [0.2, 0.25) is 0 Å². The van der Waals surface area contributed by atoms with E-state index >= 15 is 0 Å². The highest BCUT2D eigenvalue weighted by atomic mass is 35.5. The second-order valence-electron chi connectivity index (χ2n) is 4.73. The van der Waals surface area contributed by atoms with Gasteiger partial charge in [-0.15, -0.1) is 0 Å². The van der Waals surface area contributed by atoms with Gasteiger partial charge in [0, 0.05) is 23.3 Å². The predicted molar refractivity (Wildman–Crippen MR) is 85.0 cm³/mol. The van der Waals surface area contributed by atoms with Crippen molar-refractivity contribution in [3.8, 4) is 5.75 Å². The van der Waals surface area contributed by atoms with Crippen LogP contribution in [0.4, 0.5) is 5.69 Å². The van der Waals surface area contributed by atoms with E-state index in [0.29, 0.717) is 12.1 Å². The number of para-hydroxylation sites is 1. The Labute approximate surface area is 126 Å². The third-order valence-corrected chi connectivity index (χ3v) is 3.56. The molecule has 106 valence electrons. The number of hydrogen-bond acceptors (Lipinski definition) is 3. The molecule has 1 heterocycles. The van der Waals surface area contributed by atoms with Crippen molar-refractivity contribution in [2.75, 3.05) is 5.32 Å². The summed E-state index contributed by atoms with van der Waals surface area (Å²) in [5.41, 5.74) is 2.08. The fourth-order valence-electron chi connectivity index (χ4n) is 2.14. The van der Waals surface area contributed by atoms with E-state index in [1.807, 2.05) is 30.3 Å². The normalized spacial score (nSPS) is 10.7. The lowest BCUT2D eigenvalue weighted by molar-refractivity contribution is 0.475. The number of phenols is 1. The Bertz CT molecular complexity index is 858. The van der Waals surface area contributed by atoms with Crippen molar-refractivity contribution in [1.29, 1.82) is 0 Å². The Morgan fingerprint density at radius 3 is 2.76 bits per heavy atom. The molecule has 0 amide bonds. The maximum atomic E-state index is 12.0. The topological polar surface area (TPSA) is 65.1 Å². The third-order valence-electron chi connectivity index (χ3n) is 3.26. The van der Waals surface area contributed by atoms with Crippen molar-refractivity contribution in [1.82, 2.24) is 4.98 Å². The van der Waals surface area contributed by atoms with E-state index in [9.17, 15) is 9.90 Å². The molecule has 0 aliphatic rings. The largest absolute Gasteiger partial charge is 0.506 e. The Morgan fingerprint density at radius 1 is 1.14 bits per heavy atom. The molecular weight excluding hydrogens is 288 g/mol. The molecule has 3 N–H and O–H groups in total. The van der Waals surface area contributed by atoms with Crippen LogP contribution in [0.15, 0.2) is 53.3 Å². The zero-order chi connectivity index (χ0) is 14.8. The fourth-order valence-corrected chi connectivity index (χ4v) is 2.32. The van der Waals surface area contributed by atoms with Gasteiger partial charge in [0.25, 0.3) is 5.56 Å². The molecule has 3 rings (SSSR count). The van der Waals surface area contributed by atoms with Crippen LogP contribution in [0.25, 0.3) is 10.9 Å². The first kappa shape index (κ1) is 13.5. The summed E-state index contributed by atoms with van der Waals surface area (Å²) in [5.74, 6) is 0.0331. The van der Waals surface area contributed by atoms with E-state index < -0.39 is 0 Å². The molecule has 3 aromatic rings. The standard InChI is InChI=1S/C16H13ClN2O2/c17-13-8-12(5-6-15(13)20)18-9-11-7-10-3-1-2-4-14(10)19-16(11)21/h1-8,18,20H,9H2,(H,19,21). The Balaban J connectivity index is 1.86. The molecule has 0 atom stereocenters. The molecule has 2 aromatic carbocycles. The van der Waals surface area contributed by atoms with Gasteiger partial charge in [0.05, 0.1) is 5.02 Å². The number of benzene rings is 2. The molecule has 0 aliphatic carbocycles. The molecule has 0 spiro atoms. The van der Waals surface area contributed by atoms with Crippen molar-refractivity contribution in [2.45, 2.75) is 6.54 Å². The van der Waals surface area contributed by atoms with Crippen LogP contribution in [0, 0.1) is 0 Å². The second kappa shape index (κ2) is 5.50. The number of rotatable bonds is 3. The van der Waals surface area contributed by atoms with Crippen LogP contribution in [0.3, 0.4) is 0 Å². The number of H-pyrrole nitrogens is 1. The van der Waals surface area contributed by atoms with Crippen molar-refractivity contribution in [3.05, 3.63) is 69.5 Å². The average molecular weight is 301 g/mol. The van der Waals surface area contributed by atoms with Gasteiger partial charge < -0.3 is 15.4 Å². The number of nitrogens with one attached hydrogen (secondary N) is 2. The van der Waals surface area contributed by atoms with Gasteiger partial charge in [-0.2, -0.15) is 0 Å². The molecule has 0 fully saturated rings. The number of anilines is 1. The molecule has 21 heavy (non-hydrogen) atoms. The van der Waals surface area contributed by atoms with Crippen molar-refractivity contribution >= 4 is 28.2 Å². The number of aromatic nitrogens is 1. The smallest absolute Gasteiger partial charge is 0.253 e. The van der Waals surface area contributed by atoms with Crippen LogP contribution in [0.5, 0.6) is 5.75 Å². The zero-order valence-electron chi connectivity index (χ0n) is 11.1. The summed E-state index contributed by atoms with van der Waals surface area (Å²) >= 11 is 5.85. The lowest BCUT2D eigenvalue weighted by Crippen LogP contribution is -2.15. The zero-order valence-corrected chi connectivity index (χ0v) is 11.8. The fraction of sp³-hybridized carbons (Fsp3) is 0.0625. The summed E-state index contributed by atoms with van der Waals surface area (Å²) in [5, 5.41) is 13.8. The van der Waals surface area contributed by atoms with E-state index in [4.69, 9.17) is 11.6 Å². The first-order valence-electron chi connectivity index (χ1n) is 6.47. The summed E-state index contributed by atoms with van der Waals surface area (Å²) in [6.07, 6.45) is 0. The van der Waals surface area contributed by atoms with Crippen molar-refractivity contribution in [3.63, 3.8) is 0 Å². The highest BCUT2D eigenvalue weighted by molar-refractivity contribution is 6.32. The van der Waals surface area contributed by atoms with Crippen molar-refractivity contribution in [2.24, 2.45) is 0 Å². The van der Waals surface area contributed by atoms with Crippen LogP contribution in [0.1, 0.15) is 5.56 Å². The highest BCUT2D eigenvalue weighted by Crippen LogP contribution is 2.26. The lowest BCUT2D eigenvalue weighted by Gasteiger charge is -2.08. The summed E-state index contributed by atoms with van der Waals surface area (Å²) in [4.78, 5) is 14.9. The Kier molecular flexibility index (Phi) is 3.54. The first-order chi connectivity index (χ1) is 10.1. The summed E-state index contributed by atoms with van der Waals surface area (Å²) < 4.78 is 0. The summed E-state index contributed by atoms with van der Waals surface area (Å²) in [6, 6.07) is 14.3. The molecule has 0 saturated carbocycles. The van der Waals surface area contributed by atoms with Crippen LogP contribution in [0.2, 0.25) is 5.02 Å². The number of aromatic amines is 1. The minimum absolute atomic E-state index is 0.0331. The number of halogens is 1. The highest BCUT2D eigenvalue weighted by Gasteiger charge is 2.04. The minimum atomic E-state index is -0.119. The number of aromatic hydroxyl groups is 1. The lowest BCUT2D eigenvalue weighted by atomic mass is 10.1. The van der Waals surface area contributed by atoms with E-state index in [2.05, 4.69) is 10.3 Å². The van der Waals surface area contributed by atoms with Crippen molar-refractivity contribution < 1.29 is 5.11 Å². The number of fused-ring (bicyclic) bond motifs is 1. The third kappa shape index (κ3) is 2.85. The maximum Gasteiger partial charge on any atom is 0.253 e. The van der Waals surface area contributed by atoms with Gasteiger partial charge in [-0.3, -0.25) is 4.79 Å². The Morgan fingerprint density at radius 2 is 1.95 bits per heavy atom. The predicted octanol–water partition coefficient (Wildman–Crippen LogP) is 3.50. The van der Waals surface area contributed by atoms with E-state index in [0.717, 1.165) is 16.6 Å². The minimum Gasteiger partial charge on any atom is -0.506 e. The quantitative estimate of drug-likeness (QED) is 0.649. The monoisotopic (exact) mass is 300 g/mol. The molecule has 5 heteroatoms. The molecule has 0 radical (unpaired) electrons. The number of hydrogen-bond donors (Lipinski definition) is 3. The van der Waals surface area contributed by atoms with E-state index in [1.54, 1.807) is 12.1 Å². The van der Waals surface area contributed by atoms with Gasteiger partial charge >= 0.3 is 0 Å². The van der Waals surface area contributed by atoms with Gasteiger partial charge in [0.15, 0.2) is 0 Å². The SMILES string of the molecule is O=c1[nH]c2ccccc2cc1CNc1ccc(O)c(Cl)c1. The van der Waals surface area contributed by atoms with Gasteiger partial charge in [-0.05, 0) is 35.7 Å². The van der Waals surface area contributed by atoms with Crippen LogP contribution < -0.4 is 10.9 Å².